The van der Waals surface area contributed by atoms with Gasteiger partial charge in [0.2, 0.25) is 0 Å². The van der Waals surface area contributed by atoms with E-state index in [1.54, 1.807) is 18.4 Å². The van der Waals surface area contributed by atoms with E-state index in [1.807, 2.05) is 12.1 Å². The van der Waals surface area contributed by atoms with Crippen molar-refractivity contribution in [1.29, 1.82) is 0 Å². The van der Waals surface area contributed by atoms with Gasteiger partial charge in [-0.1, -0.05) is 13.3 Å². The van der Waals surface area contributed by atoms with Gasteiger partial charge in [0, 0.05) is 18.4 Å². The van der Waals surface area contributed by atoms with Crippen LogP contribution in [0.1, 0.15) is 24.6 Å². The molecule has 1 rings (SSSR count). The summed E-state index contributed by atoms with van der Waals surface area (Å²) in [6, 6.07) is 4.05. The summed E-state index contributed by atoms with van der Waals surface area (Å²) in [5.41, 5.74) is 0. The minimum Gasteiger partial charge on any atom is -0.390 e. The van der Waals surface area contributed by atoms with E-state index in [1.165, 1.54) is 4.88 Å². The number of hydrogen-bond acceptors (Lipinski definition) is 3. The van der Waals surface area contributed by atoms with Gasteiger partial charge in [0.25, 0.3) is 0 Å². The van der Waals surface area contributed by atoms with E-state index < -0.39 is 6.10 Å². The second kappa shape index (κ2) is 6.63. The van der Waals surface area contributed by atoms with Gasteiger partial charge in [-0.2, -0.15) is 0 Å². The van der Waals surface area contributed by atoms with Crippen molar-refractivity contribution in [1.82, 2.24) is 0 Å². The zero-order valence-electron chi connectivity index (χ0n) is 9.07. The molecule has 2 unspecified atom stereocenters. The Balaban J connectivity index is 2.49. The van der Waals surface area contributed by atoms with Crippen LogP contribution in [0.4, 0.5) is 0 Å². The number of halogens is 1. The average molecular weight is 293 g/mol. The highest BCUT2D eigenvalue weighted by atomic mass is 79.9. The smallest absolute Gasteiger partial charge is 0.0849 e. The third-order valence-corrected chi connectivity index (χ3v) is 3.99. The van der Waals surface area contributed by atoms with Crippen molar-refractivity contribution in [3.8, 4) is 0 Å². The van der Waals surface area contributed by atoms with Crippen molar-refractivity contribution in [3.05, 3.63) is 20.8 Å². The van der Waals surface area contributed by atoms with Crippen LogP contribution in [0.5, 0.6) is 0 Å². The molecule has 15 heavy (non-hydrogen) atoms. The third-order valence-electron chi connectivity index (χ3n) is 2.34. The second-order valence-corrected chi connectivity index (χ2v) is 6.09. The number of ether oxygens (including phenoxy) is 1. The topological polar surface area (TPSA) is 29.5 Å². The van der Waals surface area contributed by atoms with Crippen LogP contribution >= 0.6 is 27.3 Å². The summed E-state index contributed by atoms with van der Waals surface area (Å²) in [5, 5.41) is 9.97. The van der Waals surface area contributed by atoms with Crippen LogP contribution in [0.15, 0.2) is 15.9 Å². The molecular weight excluding hydrogens is 276 g/mol. The fourth-order valence-corrected chi connectivity index (χ4v) is 3.08. The summed E-state index contributed by atoms with van der Waals surface area (Å²) >= 11 is 5.08. The van der Waals surface area contributed by atoms with Gasteiger partial charge in [0.05, 0.1) is 16.0 Å². The zero-order chi connectivity index (χ0) is 11.3. The molecule has 0 aliphatic heterocycles. The lowest BCUT2D eigenvalue weighted by Gasteiger charge is -2.20. The average Bonchev–Trinajstić information content (AvgIpc) is 2.60. The van der Waals surface area contributed by atoms with E-state index >= 15 is 0 Å². The molecule has 0 aliphatic rings. The van der Waals surface area contributed by atoms with Crippen LogP contribution in [0.3, 0.4) is 0 Å². The maximum absolute atomic E-state index is 9.97. The molecule has 0 radical (unpaired) electrons. The molecule has 0 saturated carbocycles. The Morgan fingerprint density at radius 3 is 2.73 bits per heavy atom. The number of methoxy groups -OCH3 is 1. The minimum absolute atomic E-state index is 0.0455. The molecule has 1 aromatic heterocycles. The molecule has 1 aromatic rings. The maximum Gasteiger partial charge on any atom is 0.0849 e. The first-order valence-electron chi connectivity index (χ1n) is 5.12. The largest absolute Gasteiger partial charge is 0.390 e. The van der Waals surface area contributed by atoms with Crippen molar-refractivity contribution in [3.63, 3.8) is 0 Å². The van der Waals surface area contributed by atoms with Gasteiger partial charge in [-0.25, -0.2) is 0 Å². The summed E-state index contributed by atoms with van der Waals surface area (Å²) in [5.74, 6) is 0. The standard InChI is InChI=1S/C11H17BrO2S/c1-3-4-10(14-2)9(13)7-8-5-6-11(12)15-8/h5-6,9-10,13H,3-4,7H2,1-2H3. The van der Waals surface area contributed by atoms with Crippen LogP contribution in [0, 0.1) is 0 Å². The molecule has 0 amide bonds. The first kappa shape index (κ1) is 13.2. The van der Waals surface area contributed by atoms with E-state index in [2.05, 4.69) is 22.9 Å². The van der Waals surface area contributed by atoms with Gasteiger partial charge in [-0.05, 0) is 34.5 Å². The van der Waals surface area contributed by atoms with Gasteiger partial charge in [0.1, 0.15) is 0 Å². The predicted molar refractivity (Wildman–Crippen MR) is 67.4 cm³/mol. The molecule has 4 heteroatoms. The van der Waals surface area contributed by atoms with E-state index in [9.17, 15) is 5.11 Å². The number of aliphatic hydroxyl groups excluding tert-OH is 1. The van der Waals surface area contributed by atoms with Crippen LogP contribution in [0.2, 0.25) is 0 Å². The highest BCUT2D eigenvalue weighted by Gasteiger charge is 2.18. The summed E-state index contributed by atoms with van der Waals surface area (Å²) in [7, 11) is 1.66. The molecule has 0 spiro atoms. The summed E-state index contributed by atoms with van der Waals surface area (Å²) in [6.07, 6.45) is 2.17. The predicted octanol–water partition coefficient (Wildman–Crippen LogP) is 3.23. The molecular formula is C11H17BrO2S. The highest BCUT2D eigenvalue weighted by molar-refractivity contribution is 9.11. The van der Waals surface area contributed by atoms with Crippen molar-refractivity contribution in [2.24, 2.45) is 0 Å². The van der Waals surface area contributed by atoms with E-state index in [-0.39, 0.29) is 6.10 Å². The second-order valence-electron chi connectivity index (χ2n) is 3.54. The fraction of sp³-hybridized carbons (Fsp3) is 0.636. The summed E-state index contributed by atoms with van der Waals surface area (Å²) in [6.45, 7) is 2.10. The first-order valence-corrected chi connectivity index (χ1v) is 6.73. The van der Waals surface area contributed by atoms with Crippen molar-refractivity contribution >= 4 is 27.3 Å². The molecule has 2 atom stereocenters. The molecule has 0 saturated heterocycles. The van der Waals surface area contributed by atoms with Gasteiger partial charge < -0.3 is 9.84 Å². The van der Waals surface area contributed by atoms with Crippen LogP contribution in [-0.2, 0) is 11.2 Å². The number of rotatable bonds is 6. The van der Waals surface area contributed by atoms with Crippen molar-refractivity contribution < 1.29 is 9.84 Å². The molecule has 0 aromatic carbocycles. The fourth-order valence-electron chi connectivity index (χ4n) is 1.55. The first-order chi connectivity index (χ1) is 7.17. The van der Waals surface area contributed by atoms with E-state index in [0.29, 0.717) is 6.42 Å². The molecule has 0 aliphatic carbocycles. The SMILES string of the molecule is CCCC(OC)C(O)Cc1ccc(Br)s1. The number of thiophene rings is 1. The lowest BCUT2D eigenvalue weighted by molar-refractivity contribution is -0.0155. The van der Waals surface area contributed by atoms with Gasteiger partial charge >= 0.3 is 0 Å². The highest BCUT2D eigenvalue weighted by Crippen LogP contribution is 2.24. The Morgan fingerprint density at radius 1 is 1.53 bits per heavy atom. The van der Waals surface area contributed by atoms with Crippen molar-refractivity contribution in [2.45, 2.75) is 38.4 Å². The maximum atomic E-state index is 9.97. The van der Waals surface area contributed by atoms with Crippen molar-refractivity contribution in [2.75, 3.05) is 7.11 Å². The van der Waals surface area contributed by atoms with Crippen LogP contribution < -0.4 is 0 Å². The Bertz CT molecular complexity index is 288. The Morgan fingerprint density at radius 2 is 2.27 bits per heavy atom. The molecule has 1 N–H and O–H groups in total. The molecule has 86 valence electrons. The Labute approximate surface area is 103 Å². The molecule has 2 nitrogen and oxygen atoms in total. The lowest BCUT2D eigenvalue weighted by Crippen LogP contribution is -2.29. The Hall–Kier alpha value is 0.1000. The van der Waals surface area contributed by atoms with Crippen LogP contribution in [0.25, 0.3) is 0 Å². The number of aliphatic hydroxyl groups is 1. The molecule has 0 bridgehead atoms. The van der Waals surface area contributed by atoms with E-state index in [0.717, 1.165) is 16.6 Å². The third kappa shape index (κ3) is 4.23. The quantitative estimate of drug-likeness (QED) is 0.872. The summed E-state index contributed by atoms with van der Waals surface area (Å²) in [4.78, 5) is 1.19. The van der Waals surface area contributed by atoms with Crippen LogP contribution in [-0.4, -0.2) is 24.4 Å². The zero-order valence-corrected chi connectivity index (χ0v) is 11.5. The van der Waals surface area contributed by atoms with Gasteiger partial charge in [-0.15, -0.1) is 11.3 Å². The van der Waals surface area contributed by atoms with E-state index in [4.69, 9.17) is 4.74 Å². The number of hydrogen-bond donors (Lipinski definition) is 1. The normalized spacial score (nSPS) is 15.2. The monoisotopic (exact) mass is 292 g/mol. The van der Waals surface area contributed by atoms with Gasteiger partial charge in [-0.3, -0.25) is 0 Å². The van der Waals surface area contributed by atoms with Gasteiger partial charge in [0.15, 0.2) is 0 Å². The molecule has 1 heterocycles. The lowest BCUT2D eigenvalue weighted by atomic mass is 10.1. The molecule has 0 fully saturated rings. The summed E-state index contributed by atoms with van der Waals surface area (Å²) < 4.78 is 6.38. The Kier molecular flexibility index (Phi) is 5.82. The minimum atomic E-state index is -0.402.